The van der Waals surface area contributed by atoms with Crippen LogP contribution in [0.2, 0.25) is 0 Å². The van der Waals surface area contributed by atoms with Crippen LogP contribution in [0.5, 0.6) is 0 Å². The van der Waals surface area contributed by atoms with Gasteiger partial charge < -0.3 is 11.5 Å². The van der Waals surface area contributed by atoms with Gasteiger partial charge in [-0.15, -0.1) is 0 Å². The Hall–Kier alpha value is -0.940. The summed E-state index contributed by atoms with van der Waals surface area (Å²) >= 11 is 0. The van der Waals surface area contributed by atoms with E-state index in [-0.39, 0.29) is 0 Å². The Morgan fingerprint density at radius 1 is 0.650 bits per heavy atom. The average Bonchev–Trinajstić information content (AvgIpc) is 2.53. The van der Waals surface area contributed by atoms with Gasteiger partial charge in [0.15, 0.2) is 0 Å². The van der Waals surface area contributed by atoms with E-state index in [0.717, 1.165) is 0 Å². The van der Waals surface area contributed by atoms with Crippen LogP contribution in [0.15, 0.2) is 60.7 Å². The predicted molar refractivity (Wildman–Crippen MR) is 91.7 cm³/mol. The molecule has 0 bridgehead atoms. The fourth-order valence-corrected chi connectivity index (χ4v) is 4.84. The molecule has 0 aliphatic carbocycles. The third kappa shape index (κ3) is 4.28. The Morgan fingerprint density at radius 2 is 1.00 bits per heavy atom. The van der Waals surface area contributed by atoms with E-state index < -0.39 is 0 Å². The minimum absolute atomic E-state index is 0.305. The van der Waals surface area contributed by atoms with Crippen molar-refractivity contribution in [3.05, 3.63) is 71.8 Å². The first-order valence-corrected chi connectivity index (χ1v) is 8.95. The second-order valence-corrected chi connectivity index (χ2v) is 7.14. The lowest BCUT2D eigenvalue weighted by Crippen LogP contribution is -2.11. The lowest BCUT2D eigenvalue weighted by molar-refractivity contribution is 0.940. The molecule has 20 heavy (non-hydrogen) atoms. The number of hydrogen-bond acceptors (Lipinski definition) is 4. The van der Waals surface area contributed by atoms with Gasteiger partial charge in [-0.25, -0.2) is 0 Å². The molecule has 0 radical (unpaired) electrons. The molecule has 2 rings (SSSR count). The van der Waals surface area contributed by atoms with Crippen molar-refractivity contribution < 1.29 is 0 Å². The van der Waals surface area contributed by atoms with Crippen LogP contribution in [0.25, 0.3) is 0 Å². The Kier molecular flexibility index (Phi) is 6.47. The van der Waals surface area contributed by atoms with Gasteiger partial charge in [0, 0.05) is 13.1 Å². The van der Waals surface area contributed by atoms with Gasteiger partial charge in [0.25, 0.3) is 0 Å². The molecule has 0 fully saturated rings. The predicted octanol–water partition coefficient (Wildman–Crippen LogP) is 3.77. The molecule has 0 spiro atoms. The summed E-state index contributed by atoms with van der Waals surface area (Å²) in [6.07, 6.45) is 0. The Balaban J connectivity index is 1.99. The standard InChI is InChI=1S/C16H20N2S2/c17-11-15(13-7-3-1-4-8-13)19-20-16(12-18)14-9-5-2-6-10-14/h1-10,15-16H,11-12,17-18H2. The number of hydrogen-bond donors (Lipinski definition) is 2. The molecule has 2 aromatic rings. The van der Waals surface area contributed by atoms with Gasteiger partial charge in [0.2, 0.25) is 0 Å². The molecule has 106 valence electrons. The van der Waals surface area contributed by atoms with E-state index >= 15 is 0 Å². The molecular formula is C16H20N2S2. The van der Waals surface area contributed by atoms with Crippen LogP contribution in [0.1, 0.15) is 21.6 Å². The molecule has 4 N–H and O–H groups in total. The third-order valence-electron chi connectivity index (χ3n) is 3.06. The molecule has 2 aromatic carbocycles. The SMILES string of the molecule is NCC(SSC(CN)c1ccccc1)c1ccccc1. The van der Waals surface area contributed by atoms with Gasteiger partial charge in [-0.2, -0.15) is 0 Å². The second kappa shape index (κ2) is 8.37. The second-order valence-electron chi connectivity index (χ2n) is 4.46. The molecule has 0 saturated heterocycles. The van der Waals surface area contributed by atoms with Gasteiger partial charge >= 0.3 is 0 Å². The molecule has 4 heteroatoms. The lowest BCUT2D eigenvalue weighted by Gasteiger charge is -2.19. The number of rotatable bonds is 7. The average molecular weight is 304 g/mol. The van der Waals surface area contributed by atoms with Crippen LogP contribution in [-0.2, 0) is 0 Å². The topological polar surface area (TPSA) is 52.0 Å². The smallest absolute Gasteiger partial charge is 0.0523 e. The monoisotopic (exact) mass is 304 g/mol. The third-order valence-corrected chi connectivity index (χ3v) is 6.29. The van der Waals surface area contributed by atoms with Crippen LogP contribution < -0.4 is 11.5 Å². The highest BCUT2D eigenvalue weighted by Gasteiger charge is 2.15. The minimum atomic E-state index is 0.305. The largest absolute Gasteiger partial charge is 0.329 e. The number of benzene rings is 2. The summed E-state index contributed by atoms with van der Waals surface area (Å²) in [4.78, 5) is 0. The van der Waals surface area contributed by atoms with Crippen molar-refractivity contribution in [3.8, 4) is 0 Å². The molecule has 2 unspecified atom stereocenters. The van der Waals surface area contributed by atoms with E-state index in [9.17, 15) is 0 Å². The molecule has 0 aliphatic heterocycles. The van der Waals surface area contributed by atoms with E-state index in [1.54, 1.807) is 0 Å². The minimum Gasteiger partial charge on any atom is -0.329 e. The van der Waals surface area contributed by atoms with Gasteiger partial charge in [-0.1, -0.05) is 82.3 Å². The van der Waals surface area contributed by atoms with E-state index in [4.69, 9.17) is 11.5 Å². The fraction of sp³-hybridized carbons (Fsp3) is 0.250. The van der Waals surface area contributed by atoms with E-state index in [1.165, 1.54) is 11.1 Å². The summed E-state index contributed by atoms with van der Waals surface area (Å²) in [5, 5.41) is 0.609. The highest BCUT2D eigenvalue weighted by atomic mass is 33.1. The Morgan fingerprint density at radius 3 is 1.30 bits per heavy atom. The van der Waals surface area contributed by atoms with Crippen molar-refractivity contribution in [2.75, 3.05) is 13.1 Å². The summed E-state index contributed by atoms with van der Waals surface area (Å²) in [5.74, 6) is 0. The van der Waals surface area contributed by atoms with Gasteiger partial charge in [-0.05, 0) is 11.1 Å². The summed E-state index contributed by atoms with van der Waals surface area (Å²) in [5.41, 5.74) is 14.4. The van der Waals surface area contributed by atoms with Crippen molar-refractivity contribution >= 4 is 21.6 Å². The zero-order chi connectivity index (χ0) is 14.2. The molecular weight excluding hydrogens is 284 g/mol. The first-order chi connectivity index (χ1) is 9.85. The molecule has 2 atom stereocenters. The van der Waals surface area contributed by atoms with Crippen LogP contribution in [0.4, 0.5) is 0 Å². The fourth-order valence-electron chi connectivity index (χ4n) is 1.93. The van der Waals surface area contributed by atoms with Gasteiger partial charge in [0.05, 0.1) is 10.5 Å². The molecule has 0 saturated carbocycles. The summed E-state index contributed by atoms with van der Waals surface area (Å²) < 4.78 is 0. The zero-order valence-corrected chi connectivity index (χ0v) is 12.9. The lowest BCUT2D eigenvalue weighted by atomic mass is 10.1. The highest BCUT2D eigenvalue weighted by Crippen LogP contribution is 2.45. The maximum Gasteiger partial charge on any atom is 0.0523 e. The van der Waals surface area contributed by atoms with Gasteiger partial charge in [-0.3, -0.25) is 0 Å². The van der Waals surface area contributed by atoms with Crippen molar-refractivity contribution in [2.45, 2.75) is 10.5 Å². The van der Waals surface area contributed by atoms with Crippen molar-refractivity contribution in [3.63, 3.8) is 0 Å². The summed E-state index contributed by atoms with van der Waals surface area (Å²) in [7, 11) is 3.63. The van der Waals surface area contributed by atoms with Crippen LogP contribution in [0, 0.1) is 0 Å². The summed E-state index contributed by atoms with van der Waals surface area (Å²) in [6, 6.07) is 20.8. The Labute approximate surface area is 128 Å². The normalized spacial score (nSPS) is 13.9. The summed E-state index contributed by atoms with van der Waals surface area (Å²) in [6.45, 7) is 1.27. The quantitative estimate of drug-likeness (QED) is 0.765. The zero-order valence-electron chi connectivity index (χ0n) is 11.3. The van der Waals surface area contributed by atoms with E-state index in [1.807, 2.05) is 33.7 Å². The first kappa shape index (κ1) is 15.4. The molecule has 2 nitrogen and oxygen atoms in total. The molecule has 0 heterocycles. The maximum atomic E-state index is 5.91. The maximum absolute atomic E-state index is 5.91. The van der Waals surface area contributed by atoms with E-state index in [0.29, 0.717) is 23.6 Å². The first-order valence-electron chi connectivity index (χ1n) is 6.67. The molecule has 0 aromatic heterocycles. The van der Waals surface area contributed by atoms with Crippen molar-refractivity contribution in [2.24, 2.45) is 11.5 Å². The van der Waals surface area contributed by atoms with Crippen molar-refractivity contribution in [1.29, 1.82) is 0 Å². The van der Waals surface area contributed by atoms with Gasteiger partial charge in [0.1, 0.15) is 0 Å². The number of nitrogens with two attached hydrogens (primary N) is 2. The molecule has 0 aliphatic rings. The highest BCUT2D eigenvalue weighted by molar-refractivity contribution is 8.76. The van der Waals surface area contributed by atoms with Crippen LogP contribution >= 0.6 is 21.6 Å². The van der Waals surface area contributed by atoms with E-state index in [2.05, 4.69) is 48.5 Å². The van der Waals surface area contributed by atoms with Crippen LogP contribution in [-0.4, -0.2) is 13.1 Å². The molecule has 0 amide bonds. The Bertz CT molecular complexity index is 443. The van der Waals surface area contributed by atoms with Crippen molar-refractivity contribution in [1.82, 2.24) is 0 Å². The van der Waals surface area contributed by atoms with Crippen LogP contribution in [0.3, 0.4) is 0 Å².